The molecule has 1 aliphatic rings. The molecule has 0 radical (unpaired) electrons. The maximum absolute atomic E-state index is 11.9. The maximum Gasteiger partial charge on any atom is 0.308 e. The van der Waals surface area contributed by atoms with Gasteiger partial charge in [-0.2, -0.15) is 10.2 Å². The van der Waals surface area contributed by atoms with E-state index in [1.54, 1.807) is 13.0 Å². The van der Waals surface area contributed by atoms with E-state index in [4.69, 9.17) is 5.11 Å². The van der Waals surface area contributed by atoms with Crippen molar-refractivity contribution in [3.8, 4) is 0 Å². The number of aryl methyl sites for hydroxylation is 1. The number of hydrogen-bond acceptors (Lipinski definition) is 4. The van der Waals surface area contributed by atoms with Crippen LogP contribution < -0.4 is 5.32 Å². The molecule has 19 heavy (non-hydrogen) atoms. The van der Waals surface area contributed by atoms with Crippen molar-refractivity contribution >= 4 is 11.9 Å². The lowest BCUT2D eigenvalue weighted by Gasteiger charge is -2.12. The molecule has 2 rings (SSSR count). The van der Waals surface area contributed by atoms with Crippen LogP contribution in [0, 0.1) is 18.8 Å². The molecule has 1 unspecified atom stereocenters. The first-order valence-electron chi connectivity index (χ1n) is 6.36. The zero-order chi connectivity index (χ0) is 13.8. The minimum atomic E-state index is -0.851. The van der Waals surface area contributed by atoms with Crippen LogP contribution >= 0.6 is 0 Å². The number of rotatable bonds is 6. The number of carboxylic acid groups (broad SMARTS) is 1. The van der Waals surface area contributed by atoms with E-state index < -0.39 is 11.9 Å². The molecular weight excluding hydrogens is 246 g/mol. The first kappa shape index (κ1) is 13.5. The van der Waals surface area contributed by atoms with Crippen LogP contribution in [0.15, 0.2) is 12.3 Å². The van der Waals surface area contributed by atoms with Gasteiger partial charge in [-0.1, -0.05) is 12.8 Å². The Hall–Kier alpha value is -1.98. The number of aliphatic carboxylic acids is 1. The average molecular weight is 263 g/mol. The predicted octanol–water partition coefficient (Wildman–Crippen LogP) is 1.02. The van der Waals surface area contributed by atoms with Crippen LogP contribution in [-0.2, 0) is 4.79 Å². The van der Waals surface area contributed by atoms with Gasteiger partial charge in [-0.3, -0.25) is 9.59 Å². The molecule has 6 nitrogen and oxygen atoms in total. The Balaban J connectivity index is 1.89. The second-order valence-corrected chi connectivity index (χ2v) is 5.01. The molecule has 0 saturated heterocycles. The quantitative estimate of drug-likeness (QED) is 0.799. The van der Waals surface area contributed by atoms with Crippen molar-refractivity contribution < 1.29 is 14.7 Å². The monoisotopic (exact) mass is 263 g/mol. The first-order valence-corrected chi connectivity index (χ1v) is 6.36. The summed E-state index contributed by atoms with van der Waals surface area (Å²) in [4.78, 5) is 22.9. The van der Waals surface area contributed by atoms with Crippen molar-refractivity contribution in [2.24, 2.45) is 11.8 Å². The molecule has 1 saturated carbocycles. The van der Waals surface area contributed by atoms with E-state index in [9.17, 15) is 9.59 Å². The maximum atomic E-state index is 11.9. The molecule has 2 N–H and O–H groups in total. The molecule has 0 spiro atoms. The van der Waals surface area contributed by atoms with Crippen LogP contribution in [0.2, 0.25) is 0 Å². The van der Waals surface area contributed by atoms with E-state index in [0.717, 1.165) is 12.8 Å². The van der Waals surface area contributed by atoms with Crippen LogP contribution in [0.3, 0.4) is 0 Å². The molecular formula is C13H17N3O3. The van der Waals surface area contributed by atoms with Gasteiger partial charge in [-0.25, -0.2) is 0 Å². The lowest BCUT2D eigenvalue weighted by Crippen LogP contribution is -2.33. The van der Waals surface area contributed by atoms with Crippen molar-refractivity contribution in [2.45, 2.75) is 26.2 Å². The molecule has 1 aromatic heterocycles. The summed E-state index contributed by atoms with van der Waals surface area (Å²) < 4.78 is 0. The molecule has 0 aliphatic heterocycles. The van der Waals surface area contributed by atoms with Crippen molar-refractivity contribution in [1.82, 2.24) is 15.5 Å². The Morgan fingerprint density at radius 2 is 2.26 bits per heavy atom. The van der Waals surface area contributed by atoms with Gasteiger partial charge < -0.3 is 10.4 Å². The highest BCUT2D eigenvalue weighted by atomic mass is 16.4. The number of nitrogens with one attached hydrogen (secondary N) is 1. The minimum absolute atomic E-state index is 0.159. The second kappa shape index (κ2) is 5.77. The third-order valence-electron chi connectivity index (χ3n) is 3.21. The lowest BCUT2D eigenvalue weighted by molar-refractivity contribution is -0.141. The largest absolute Gasteiger partial charge is 0.481 e. The van der Waals surface area contributed by atoms with Gasteiger partial charge in [0.05, 0.1) is 23.4 Å². The molecule has 1 fully saturated rings. The SMILES string of the molecule is Cc1cc(C(=O)NCC(CC2CC2)C(=O)O)cnn1. The first-order chi connectivity index (χ1) is 9.06. The Labute approximate surface area is 111 Å². The summed E-state index contributed by atoms with van der Waals surface area (Å²) in [6.45, 7) is 1.91. The summed E-state index contributed by atoms with van der Waals surface area (Å²) in [6.07, 6.45) is 4.22. The number of carbonyl (C=O) groups excluding carboxylic acids is 1. The van der Waals surface area contributed by atoms with Gasteiger partial charge in [0.15, 0.2) is 0 Å². The molecule has 1 amide bonds. The van der Waals surface area contributed by atoms with Crippen LogP contribution in [0.5, 0.6) is 0 Å². The van der Waals surface area contributed by atoms with E-state index in [1.807, 2.05) is 0 Å². The van der Waals surface area contributed by atoms with Gasteiger partial charge in [0.1, 0.15) is 0 Å². The fraction of sp³-hybridized carbons (Fsp3) is 0.538. The van der Waals surface area contributed by atoms with Crippen LogP contribution in [0.4, 0.5) is 0 Å². The summed E-state index contributed by atoms with van der Waals surface area (Å²) in [5.74, 6) is -1.15. The van der Waals surface area contributed by atoms with Crippen LogP contribution in [0.25, 0.3) is 0 Å². The Kier molecular flexibility index (Phi) is 4.09. The van der Waals surface area contributed by atoms with Gasteiger partial charge >= 0.3 is 5.97 Å². The molecule has 1 aliphatic carbocycles. The Morgan fingerprint density at radius 3 is 2.84 bits per heavy atom. The van der Waals surface area contributed by atoms with Gasteiger partial charge in [-0.05, 0) is 25.3 Å². The minimum Gasteiger partial charge on any atom is -0.481 e. The fourth-order valence-electron chi connectivity index (χ4n) is 1.94. The molecule has 102 valence electrons. The zero-order valence-electron chi connectivity index (χ0n) is 10.8. The number of carboxylic acids is 1. The van der Waals surface area contributed by atoms with Crippen molar-refractivity contribution in [3.05, 3.63) is 23.5 Å². The van der Waals surface area contributed by atoms with E-state index in [0.29, 0.717) is 23.6 Å². The van der Waals surface area contributed by atoms with Crippen molar-refractivity contribution in [3.63, 3.8) is 0 Å². The van der Waals surface area contributed by atoms with Gasteiger partial charge in [-0.15, -0.1) is 0 Å². The van der Waals surface area contributed by atoms with E-state index in [1.165, 1.54) is 6.20 Å². The molecule has 0 bridgehead atoms. The Morgan fingerprint density at radius 1 is 1.53 bits per heavy atom. The van der Waals surface area contributed by atoms with Crippen LogP contribution in [0.1, 0.15) is 35.3 Å². The van der Waals surface area contributed by atoms with Crippen LogP contribution in [-0.4, -0.2) is 33.7 Å². The average Bonchev–Trinajstić information content (AvgIpc) is 3.17. The molecule has 6 heteroatoms. The van der Waals surface area contributed by atoms with E-state index in [2.05, 4.69) is 15.5 Å². The molecule has 0 aromatic carbocycles. The molecule has 1 aromatic rings. The topological polar surface area (TPSA) is 92.2 Å². The number of aromatic nitrogens is 2. The zero-order valence-corrected chi connectivity index (χ0v) is 10.8. The highest BCUT2D eigenvalue weighted by Gasteiger charge is 2.29. The van der Waals surface area contributed by atoms with Gasteiger partial charge in [0, 0.05) is 6.54 Å². The number of carbonyl (C=O) groups is 2. The fourth-order valence-corrected chi connectivity index (χ4v) is 1.94. The van der Waals surface area contributed by atoms with Gasteiger partial charge in [0.25, 0.3) is 5.91 Å². The summed E-state index contributed by atoms with van der Waals surface area (Å²) in [5, 5.41) is 19.2. The standard InChI is InChI=1S/C13H17N3O3/c1-8-4-10(7-15-16-8)12(17)14-6-11(13(18)19)5-9-2-3-9/h4,7,9,11H,2-3,5-6H2,1H3,(H,14,17)(H,18,19). The number of nitrogens with zero attached hydrogens (tertiary/aromatic N) is 2. The van der Waals surface area contributed by atoms with E-state index in [-0.39, 0.29) is 12.5 Å². The number of hydrogen-bond donors (Lipinski definition) is 2. The second-order valence-electron chi connectivity index (χ2n) is 5.01. The molecule has 1 heterocycles. The summed E-state index contributed by atoms with van der Waals surface area (Å²) in [6, 6.07) is 1.62. The predicted molar refractivity (Wildman–Crippen MR) is 67.6 cm³/mol. The normalized spacial score (nSPS) is 15.8. The summed E-state index contributed by atoms with van der Waals surface area (Å²) in [5.41, 5.74) is 1.06. The summed E-state index contributed by atoms with van der Waals surface area (Å²) >= 11 is 0. The highest BCUT2D eigenvalue weighted by molar-refractivity contribution is 5.94. The lowest BCUT2D eigenvalue weighted by atomic mass is 10.0. The van der Waals surface area contributed by atoms with Crippen molar-refractivity contribution in [1.29, 1.82) is 0 Å². The third-order valence-corrected chi connectivity index (χ3v) is 3.21. The summed E-state index contributed by atoms with van der Waals surface area (Å²) in [7, 11) is 0. The number of amides is 1. The van der Waals surface area contributed by atoms with E-state index >= 15 is 0 Å². The Bertz CT molecular complexity index is 486. The third kappa shape index (κ3) is 4.01. The molecule has 1 atom stereocenters. The smallest absolute Gasteiger partial charge is 0.308 e. The van der Waals surface area contributed by atoms with Crippen molar-refractivity contribution in [2.75, 3.05) is 6.54 Å². The van der Waals surface area contributed by atoms with Gasteiger partial charge in [0.2, 0.25) is 0 Å². The highest BCUT2D eigenvalue weighted by Crippen LogP contribution is 2.35.